The SMILES string of the molecule is O=C(NCCCCCO)c1ccc(Br)cc1S. The zero-order valence-corrected chi connectivity index (χ0v) is 11.9. The predicted octanol–water partition coefficient (Wildman–Crippen LogP) is 2.63. The summed E-state index contributed by atoms with van der Waals surface area (Å²) in [5.74, 6) is -0.105. The quantitative estimate of drug-likeness (QED) is 0.558. The van der Waals surface area contributed by atoms with Crippen LogP contribution >= 0.6 is 28.6 Å². The summed E-state index contributed by atoms with van der Waals surface area (Å²) in [5, 5.41) is 11.4. The van der Waals surface area contributed by atoms with Crippen molar-refractivity contribution >= 4 is 34.5 Å². The fraction of sp³-hybridized carbons (Fsp3) is 0.417. The molecule has 1 amide bonds. The first-order chi connectivity index (χ1) is 8.15. The van der Waals surface area contributed by atoms with Crippen LogP contribution in [0.25, 0.3) is 0 Å². The number of hydrogen-bond acceptors (Lipinski definition) is 3. The third kappa shape index (κ3) is 5.10. The molecule has 1 aromatic rings. The molecule has 0 aliphatic carbocycles. The molecule has 0 spiro atoms. The Hall–Kier alpha value is -0.520. The zero-order valence-electron chi connectivity index (χ0n) is 9.45. The second kappa shape index (κ2) is 7.74. The van der Waals surface area contributed by atoms with Crippen molar-refractivity contribution in [3.63, 3.8) is 0 Å². The number of carbonyl (C=O) groups is 1. The van der Waals surface area contributed by atoms with E-state index >= 15 is 0 Å². The fourth-order valence-electron chi connectivity index (χ4n) is 1.41. The minimum atomic E-state index is -0.105. The van der Waals surface area contributed by atoms with E-state index in [0.717, 1.165) is 23.7 Å². The molecule has 3 nitrogen and oxygen atoms in total. The Bertz CT molecular complexity index is 385. The van der Waals surface area contributed by atoms with Crippen LogP contribution in [-0.2, 0) is 0 Å². The van der Waals surface area contributed by atoms with Gasteiger partial charge in [-0.25, -0.2) is 0 Å². The molecule has 0 radical (unpaired) electrons. The lowest BCUT2D eigenvalue weighted by atomic mass is 10.2. The summed E-state index contributed by atoms with van der Waals surface area (Å²) in [6.45, 7) is 0.837. The van der Waals surface area contributed by atoms with Gasteiger partial charge in [-0.15, -0.1) is 12.6 Å². The van der Waals surface area contributed by atoms with Crippen LogP contribution in [0.4, 0.5) is 0 Å². The summed E-state index contributed by atoms with van der Waals surface area (Å²) >= 11 is 7.58. The summed E-state index contributed by atoms with van der Waals surface area (Å²) in [5.41, 5.74) is 0.582. The van der Waals surface area contributed by atoms with Gasteiger partial charge in [0.2, 0.25) is 0 Å². The normalized spacial score (nSPS) is 10.3. The monoisotopic (exact) mass is 317 g/mol. The van der Waals surface area contributed by atoms with Crippen molar-refractivity contribution in [2.24, 2.45) is 0 Å². The van der Waals surface area contributed by atoms with Crippen LogP contribution in [0.5, 0.6) is 0 Å². The van der Waals surface area contributed by atoms with Gasteiger partial charge in [-0.05, 0) is 37.5 Å². The van der Waals surface area contributed by atoms with Crippen molar-refractivity contribution in [2.75, 3.05) is 13.2 Å². The van der Waals surface area contributed by atoms with E-state index in [1.54, 1.807) is 12.1 Å². The molecule has 0 saturated heterocycles. The second-order valence-electron chi connectivity index (χ2n) is 3.70. The van der Waals surface area contributed by atoms with Gasteiger partial charge in [-0.2, -0.15) is 0 Å². The van der Waals surface area contributed by atoms with Crippen molar-refractivity contribution in [3.05, 3.63) is 28.2 Å². The van der Waals surface area contributed by atoms with Gasteiger partial charge >= 0.3 is 0 Å². The van der Waals surface area contributed by atoms with E-state index in [-0.39, 0.29) is 12.5 Å². The molecule has 1 rings (SSSR count). The molecule has 0 aromatic heterocycles. The maximum Gasteiger partial charge on any atom is 0.252 e. The fourth-order valence-corrected chi connectivity index (χ4v) is 2.26. The number of unbranched alkanes of at least 4 members (excludes halogenated alkanes) is 2. The minimum absolute atomic E-state index is 0.105. The summed E-state index contributed by atoms with van der Waals surface area (Å²) in [6, 6.07) is 5.36. The van der Waals surface area contributed by atoms with Crippen molar-refractivity contribution in [1.82, 2.24) is 5.32 Å². The number of thiol groups is 1. The largest absolute Gasteiger partial charge is 0.396 e. The van der Waals surface area contributed by atoms with Crippen molar-refractivity contribution in [1.29, 1.82) is 0 Å². The molecule has 0 aliphatic heterocycles. The molecule has 0 heterocycles. The van der Waals surface area contributed by atoms with Crippen LogP contribution in [0.1, 0.15) is 29.6 Å². The molecule has 1 aromatic carbocycles. The van der Waals surface area contributed by atoms with Crippen LogP contribution in [-0.4, -0.2) is 24.2 Å². The van der Waals surface area contributed by atoms with Gasteiger partial charge in [0, 0.05) is 22.5 Å². The number of hydrogen-bond donors (Lipinski definition) is 3. The molecule has 0 saturated carbocycles. The van der Waals surface area contributed by atoms with Gasteiger partial charge in [0.05, 0.1) is 5.56 Å². The third-order valence-electron chi connectivity index (χ3n) is 2.32. The van der Waals surface area contributed by atoms with E-state index in [1.165, 1.54) is 0 Å². The van der Waals surface area contributed by atoms with Gasteiger partial charge in [-0.3, -0.25) is 4.79 Å². The summed E-state index contributed by atoms with van der Waals surface area (Å²) in [6.07, 6.45) is 2.58. The summed E-state index contributed by atoms with van der Waals surface area (Å²) in [7, 11) is 0. The number of carbonyl (C=O) groups excluding carboxylic acids is 1. The highest BCUT2D eigenvalue weighted by molar-refractivity contribution is 9.10. The molecule has 5 heteroatoms. The van der Waals surface area contributed by atoms with Crippen LogP contribution < -0.4 is 5.32 Å². The van der Waals surface area contributed by atoms with Crippen molar-refractivity contribution in [2.45, 2.75) is 24.2 Å². The summed E-state index contributed by atoms with van der Waals surface area (Å²) < 4.78 is 0.905. The van der Waals surface area contributed by atoms with E-state index in [2.05, 4.69) is 33.9 Å². The molecule has 17 heavy (non-hydrogen) atoms. The Morgan fingerprint density at radius 2 is 2.12 bits per heavy atom. The average molecular weight is 318 g/mol. The Morgan fingerprint density at radius 3 is 2.76 bits per heavy atom. The van der Waals surface area contributed by atoms with E-state index in [4.69, 9.17) is 5.11 Å². The van der Waals surface area contributed by atoms with Gasteiger partial charge in [0.15, 0.2) is 0 Å². The molecule has 0 unspecified atom stereocenters. The molecule has 0 fully saturated rings. The number of aliphatic hydroxyl groups excluding tert-OH is 1. The van der Waals surface area contributed by atoms with Crippen LogP contribution in [0, 0.1) is 0 Å². The lowest BCUT2D eigenvalue weighted by molar-refractivity contribution is 0.0950. The highest BCUT2D eigenvalue weighted by atomic mass is 79.9. The van der Waals surface area contributed by atoms with E-state index in [1.807, 2.05) is 6.07 Å². The number of aliphatic hydroxyl groups is 1. The topological polar surface area (TPSA) is 49.3 Å². The number of benzene rings is 1. The summed E-state index contributed by atoms with van der Waals surface area (Å²) in [4.78, 5) is 12.4. The molecule has 0 bridgehead atoms. The number of nitrogens with one attached hydrogen (secondary N) is 1. The van der Waals surface area contributed by atoms with Gasteiger partial charge in [0.1, 0.15) is 0 Å². The Balaban J connectivity index is 2.42. The number of rotatable bonds is 6. The highest BCUT2D eigenvalue weighted by Gasteiger charge is 2.08. The van der Waals surface area contributed by atoms with E-state index in [9.17, 15) is 4.79 Å². The number of halogens is 1. The third-order valence-corrected chi connectivity index (χ3v) is 3.19. The standard InChI is InChI=1S/C12H16BrNO2S/c13-9-4-5-10(11(17)8-9)12(16)14-6-2-1-3-7-15/h4-5,8,15,17H,1-3,6-7H2,(H,14,16). The van der Waals surface area contributed by atoms with Gasteiger partial charge < -0.3 is 10.4 Å². The predicted molar refractivity (Wildman–Crippen MR) is 74.7 cm³/mol. The van der Waals surface area contributed by atoms with Gasteiger partial charge in [-0.1, -0.05) is 15.9 Å². The van der Waals surface area contributed by atoms with Crippen LogP contribution in [0.15, 0.2) is 27.6 Å². The molecule has 0 atom stereocenters. The first kappa shape index (κ1) is 14.5. The van der Waals surface area contributed by atoms with Gasteiger partial charge in [0.25, 0.3) is 5.91 Å². The maximum atomic E-state index is 11.8. The van der Waals surface area contributed by atoms with Crippen molar-refractivity contribution < 1.29 is 9.90 Å². The number of amides is 1. The van der Waals surface area contributed by atoms with Crippen LogP contribution in [0.3, 0.4) is 0 Å². The highest BCUT2D eigenvalue weighted by Crippen LogP contribution is 2.19. The Kier molecular flexibility index (Phi) is 6.62. The molecule has 94 valence electrons. The molecule has 0 aliphatic rings. The first-order valence-corrected chi connectivity index (χ1v) is 6.76. The molecular formula is C12H16BrNO2S. The lowest BCUT2D eigenvalue weighted by Crippen LogP contribution is -2.24. The van der Waals surface area contributed by atoms with Crippen molar-refractivity contribution in [3.8, 4) is 0 Å². The molecule has 2 N–H and O–H groups in total. The second-order valence-corrected chi connectivity index (χ2v) is 5.10. The lowest BCUT2D eigenvalue weighted by Gasteiger charge is -2.07. The Morgan fingerprint density at radius 1 is 1.35 bits per heavy atom. The van der Waals surface area contributed by atoms with E-state index in [0.29, 0.717) is 17.0 Å². The smallest absolute Gasteiger partial charge is 0.252 e. The minimum Gasteiger partial charge on any atom is -0.396 e. The average Bonchev–Trinajstić information content (AvgIpc) is 2.28. The van der Waals surface area contributed by atoms with Crippen LogP contribution in [0.2, 0.25) is 0 Å². The Labute approximate surface area is 115 Å². The molecular weight excluding hydrogens is 302 g/mol. The van der Waals surface area contributed by atoms with E-state index < -0.39 is 0 Å². The zero-order chi connectivity index (χ0) is 12.7. The first-order valence-electron chi connectivity index (χ1n) is 5.52. The maximum absolute atomic E-state index is 11.8.